The predicted octanol–water partition coefficient (Wildman–Crippen LogP) is 5.24. The molecule has 0 fully saturated rings. The van der Waals surface area contributed by atoms with Crippen LogP contribution in [0.2, 0.25) is 10.0 Å². The summed E-state index contributed by atoms with van der Waals surface area (Å²) in [6.07, 6.45) is 0.392. The van der Waals surface area contributed by atoms with Gasteiger partial charge in [-0.25, -0.2) is 0 Å². The summed E-state index contributed by atoms with van der Waals surface area (Å²) in [5.41, 5.74) is 3.06. The maximum absolute atomic E-state index is 11.6. The Kier molecular flexibility index (Phi) is 7.47. The van der Waals surface area contributed by atoms with Crippen molar-refractivity contribution in [3.63, 3.8) is 0 Å². The quantitative estimate of drug-likeness (QED) is 0.577. The van der Waals surface area contributed by atoms with Crippen molar-refractivity contribution < 1.29 is 9.53 Å². The number of halogens is 2. The molecule has 2 aromatic rings. The van der Waals surface area contributed by atoms with Gasteiger partial charge in [0.25, 0.3) is 0 Å². The summed E-state index contributed by atoms with van der Waals surface area (Å²) in [4.78, 5) is 13.0. The summed E-state index contributed by atoms with van der Waals surface area (Å²) >= 11 is 10.0. The average Bonchev–Trinajstić information content (AvgIpc) is 2.92. The number of amides is 1. The summed E-state index contributed by atoms with van der Waals surface area (Å²) in [5.74, 6) is 0. The van der Waals surface area contributed by atoms with Crippen molar-refractivity contribution in [2.24, 2.45) is 0 Å². The number of carbonyl (C=O) groups excluding carboxylic acids is 1. The van der Waals surface area contributed by atoms with E-state index in [1.54, 1.807) is 11.3 Å². The molecule has 1 N–H and O–H groups in total. The van der Waals surface area contributed by atoms with Gasteiger partial charge in [-0.15, -0.1) is 0 Å². The zero-order valence-electron chi connectivity index (χ0n) is 12.9. The summed E-state index contributed by atoms with van der Waals surface area (Å²) in [6, 6.07) is 10.2. The van der Waals surface area contributed by atoms with Crippen molar-refractivity contribution in [1.29, 1.82) is 0 Å². The Morgan fingerprint density at radius 3 is 2.78 bits per heavy atom. The summed E-state index contributed by atoms with van der Waals surface area (Å²) in [5, 5.41) is 3.84. The number of hydrogen-bond acceptors (Lipinski definition) is 3. The third kappa shape index (κ3) is 5.82. The van der Waals surface area contributed by atoms with Gasteiger partial charge < -0.3 is 0 Å². The summed E-state index contributed by atoms with van der Waals surface area (Å²) in [7, 11) is 0. The minimum atomic E-state index is -1.17. The summed E-state index contributed by atoms with van der Waals surface area (Å²) < 4.78 is 8.11. The fraction of sp³-hybridized carbons (Fsp3) is 0.312. The molecule has 2 rings (SSSR count). The van der Waals surface area contributed by atoms with Crippen LogP contribution in [-0.2, 0) is 9.95 Å². The molecule has 1 amide bonds. The van der Waals surface area contributed by atoms with Crippen LogP contribution in [0.3, 0.4) is 0 Å². The molecule has 0 bridgehead atoms. The standard InChI is InChI=1S/C16H18AsBrClNO2S/c1-3-8-22-16(21)20-14-6-4-11(9-13(14)18)17(2)10-12-5-7-15(19)23-12/h4-7,9H,3,8,10H2,1-2H3,(H,20,21). The Morgan fingerprint density at radius 1 is 1.39 bits per heavy atom. The predicted molar refractivity (Wildman–Crippen MR) is 104 cm³/mol. The number of hydrogen-bond donors (Lipinski definition) is 1. The van der Waals surface area contributed by atoms with Crippen LogP contribution in [0.4, 0.5) is 10.5 Å². The second-order valence-electron chi connectivity index (χ2n) is 4.99. The SMILES string of the molecule is CCCOC(=O)Nc1ccc([As](C)Cc2ccc(Cl)s2)cc1Br. The molecule has 0 aliphatic rings. The Bertz CT molecular complexity index is 680. The summed E-state index contributed by atoms with van der Waals surface area (Å²) in [6.45, 7) is 2.39. The van der Waals surface area contributed by atoms with Crippen molar-refractivity contribution in [1.82, 2.24) is 0 Å². The van der Waals surface area contributed by atoms with Crippen molar-refractivity contribution >= 4 is 69.7 Å². The van der Waals surface area contributed by atoms with Crippen molar-refractivity contribution in [2.45, 2.75) is 24.3 Å². The van der Waals surface area contributed by atoms with Gasteiger partial charge in [0.2, 0.25) is 0 Å². The molecule has 7 heteroatoms. The second kappa shape index (κ2) is 9.12. The molecule has 0 radical (unpaired) electrons. The van der Waals surface area contributed by atoms with E-state index in [1.165, 1.54) is 9.23 Å². The number of anilines is 1. The molecule has 0 spiro atoms. The Labute approximate surface area is 158 Å². The molecule has 1 heterocycles. The van der Waals surface area contributed by atoms with Gasteiger partial charge in [-0.05, 0) is 0 Å². The van der Waals surface area contributed by atoms with Crippen LogP contribution >= 0.6 is 38.9 Å². The van der Waals surface area contributed by atoms with Gasteiger partial charge in [0.05, 0.1) is 0 Å². The Hall–Kier alpha value is -0.482. The van der Waals surface area contributed by atoms with E-state index in [9.17, 15) is 4.79 Å². The molecule has 23 heavy (non-hydrogen) atoms. The van der Waals surface area contributed by atoms with Crippen LogP contribution in [0, 0.1) is 0 Å². The molecule has 1 atom stereocenters. The molecular weight excluding hydrogens is 461 g/mol. The van der Waals surface area contributed by atoms with Crippen LogP contribution in [0.25, 0.3) is 0 Å². The first-order valence-corrected chi connectivity index (χ1v) is 13.3. The van der Waals surface area contributed by atoms with Crippen molar-refractivity contribution in [2.75, 3.05) is 11.9 Å². The molecule has 0 aliphatic carbocycles. The zero-order chi connectivity index (χ0) is 16.8. The topological polar surface area (TPSA) is 38.3 Å². The molecule has 0 aliphatic heterocycles. The fourth-order valence-electron chi connectivity index (χ4n) is 1.95. The van der Waals surface area contributed by atoms with E-state index in [4.69, 9.17) is 16.3 Å². The minimum absolute atomic E-state index is 0.417. The van der Waals surface area contributed by atoms with Gasteiger partial charge in [0.1, 0.15) is 0 Å². The molecule has 0 saturated carbocycles. The van der Waals surface area contributed by atoms with Gasteiger partial charge in [-0.1, -0.05) is 0 Å². The number of ether oxygens (including phenoxy) is 1. The van der Waals surface area contributed by atoms with Crippen LogP contribution < -0.4 is 9.67 Å². The van der Waals surface area contributed by atoms with E-state index in [-0.39, 0.29) is 0 Å². The van der Waals surface area contributed by atoms with Crippen molar-refractivity contribution in [3.8, 4) is 0 Å². The number of benzene rings is 1. The first-order chi connectivity index (χ1) is 11.0. The number of carbonyl (C=O) groups is 1. The zero-order valence-corrected chi connectivity index (χ0v) is 18.0. The molecule has 1 unspecified atom stereocenters. The first-order valence-electron chi connectivity index (χ1n) is 7.18. The molecule has 124 valence electrons. The molecule has 0 saturated heterocycles. The third-order valence-electron chi connectivity index (χ3n) is 3.09. The van der Waals surface area contributed by atoms with E-state index in [2.05, 4.69) is 45.2 Å². The van der Waals surface area contributed by atoms with Crippen LogP contribution in [0.15, 0.2) is 34.8 Å². The number of rotatable bonds is 6. The Morgan fingerprint density at radius 2 is 2.17 bits per heavy atom. The third-order valence-corrected chi connectivity index (χ3v) is 9.59. The second-order valence-corrected chi connectivity index (χ2v) is 12.3. The van der Waals surface area contributed by atoms with Crippen LogP contribution in [0.1, 0.15) is 18.2 Å². The first kappa shape index (κ1) is 18.9. The van der Waals surface area contributed by atoms with E-state index in [1.807, 2.05) is 19.1 Å². The van der Waals surface area contributed by atoms with E-state index >= 15 is 0 Å². The average molecular weight is 479 g/mol. The maximum atomic E-state index is 11.6. The van der Waals surface area contributed by atoms with Gasteiger partial charge in [0, 0.05) is 0 Å². The van der Waals surface area contributed by atoms with Gasteiger partial charge in [0.15, 0.2) is 0 Å². The van der Waals surface area contributed by atoms with Gasteiger partial charge in [-0.3, -0.25) is 0 Å². The van der Waals surface area contributed by atoms with E-state index in [0.717, 1.165) is 26.1 Å². The van der Waals surface area contributed by atoms with Crippen LogP contribution in [-0.4, -0.2) is 27.4 Å². The molecule has 1 aromatic heterocycles. The monoisotopic (exact) mass is 477 g/mol. The van der Waals surface area contributed by atoms with E-state index in [0.29, 0.717) is 6.61 Å². The van der Waals surface area contributed by atoms with Crippen molar-refractivity contribution in [3.05, 3.63) is 44.0 Å². The van der Waals surface area contributed by atoms with Gasteiger partial charge in [-0.2, -0.15) is 0 Å². The normalized spacial score (nSPS) is 12.0. The molecular formula is C16H18AsBrClNO2S. The molecule has 1 aromatic carbocycles. The number of nitrogens with one attached hydrogen (secondary N) is 1. The van der Waals surface area contributed by atoms with Gasteiger partial charge >= 0.3 is 159 Å². The van der Waals surface area contributed by atoms with E-state index < -0.39 is 20.7 Å². The molecule has 3 nitrogen and oxygen atoms in total. The number of thiophene rings is 1. The Balaban J connectivity index is 2.01. The van der Waals surface area contributed by atoms with Crippen LogP contribution in [0.5, 0.6) is 0 Å². The fourth-order valence-corrected chi connectivity index (χ4v) is 8.18.